The van der Waals surface area contributed by atoms with Gasteiger partial charge in [0.1, 0.15) is 5.82 Å². The quantitative estimate of drug-likeness (QED) is 0.871. The Morgan fingerprint density at radius 3 is 2.32 bits per heavy atom. The van der Waals surface area contributed by atoms with Gasteiger partial charge in [0.15, 0.2) is 15.7 Å². The monoisotopic (exact) mass is 323 g/mol. The molecule has 1 aromatic heterocycles. The fraction of sp³-hybridized carbons (Fsp3) is 0.467. The minimum Gasteiger partial charge on any atom is -0.386 e. The van der Waals surface area contributed by atoms with E-state index < -0.39 is 15.9 Å². The number of hydrogen-bond donors (Lipinski definition) is 1. The lowest BCUT2D eigenvalue weighted by Gasteiger charge is -2.12. The van der Waals surface area contributed by atoms with E-state index >= 15 is 0 Å². The molecular weight excluding hydrogens is 302 g/mol. The van der Waals surface area contributed by atoms with Crippen LogP contribution in [0.1, 0.15) is 37.2 Å². The van der Waals surface area contributed by atoms with Gasteiger partial charge in [0.2, 0.25) is 0 Å². The van der Waals surface area contributed by atoms with Crippen molar-refractivity contribution in [2.24, 2.45) is 0 Å². The van der Waals surface area contributed by atoms with Gasteiger partial charge in [-0.05, 0) is 17.7 Å². The van der Waals surface area contributed by atoms with Crippen LogP contribution in [0, 0.1) is 0 Å². The molecule has 0 aliphatic rings. The van der Waals surface area contributed by atoms with Gasteiger partial charge in [0.05, 0.1) is 17.5 Å². The summed E-state index contributed by atoms with van der Waals surface area (Å²) in [6.45, 7) is 4.28. The third-order valence-electron chi connectivity index (χ3n) is 3.46. The van der Waals surface area contributed by atoms with Gasteiger partial charge in [-0.15, -0.1) is 0 Å². The van der Waals surface area contributed by atoms with Crippen molar-refractivity contribution in [2.45, 2.75) is 44.2 Å². The number of hydrogen-bond acceptors (Lipinski definition) is 5. The Bertz CT molecular complexity index is 736. The van der Waals surface area contributed by atoms with Gasteiger partial charge >= 0.3 is 0 Å². The Kier molecular flexibility index (Phi) is 4.97. The summed E-state index contributed by atoms with van der Waals surface area (Å²) in [6.07, 6.45) is 1.89. The number of aliphatic hydroxyl groups excluding tert-OH is 1. The molecule has 0 saturated heterocycles. The first-order valence-electron chi connectivity index (χ1n) is 7.25. The molecule has 0 fully saturated rings. The molecule has 0 spiro atoms. The molecule has 1 aromatic carbocycles. The number of benzene rings is 1. The molecular formula is C15H21N3O3S. The molecule has 6 nitrogen and oxygen atoms in total. The summed E-state index contributed by atoms with van der Waals surface area (Å²) >= 11 is 0. The Hall–Kier alpha value is -1.73. The van der Waals surface area contributed by atoms with Crippen LogP contribution < -0.4 is 0 Å². The highest BCUT2D eigenvalue weighted by Gasteiger charge is 2.14. The van der Waals surface area contributed by atoms with Gasteiger partial charge < -0.3 is 5.11 Å². The van der Waals surface area contributed by atoms with Crippen LogP contribution >= 0.6 is 0 Å². The predicted molar refractivity (Wildman–Crippen MR) is 83.3 cm³/mol. The van der Waals surface area contributed by atoms with Crippen molar-refractivity contribution in [2.75, 3.05) is 6.26 Å². The van der Waals surface area contributed by atoms with Crippen LogP contribution in [0.2, 0.25) is 0 Å². The Labute approximate surface area is 130 Å². The summed E-state index contributed by atoms with van der Waals surface area (Å²) in [5.74, 6) is 1.60. The first-order chi connectivity index (χ1) is 10.3. The fourth-order valence-electron chi connectivity index (χ4n) is 2.19. The molecule has 7 heteroatoms. The second-order valence-corrected chi connectivity index (χ2v) is 7.21. The van der Waals surface area contributed by atoms with E-state index in [-0.39, 0.29) is 4.90 Å². The maximum atomic E-state index is 11.4. The third-order valence-corrected chi connectivity index (χ3v) is 4.59. The van der Waals surface area contributed by atoms with Gasteiger partial charge in [0.25, 0.3) is 0 Å². The summed E-state index contributed by atoms with van der Waals surface area (Å²) in [5.41, 5.74) is 0.656. The lowest BCUT2D eigenvalue weighted by molar-refractivity contribution is 0.150. The molecule has 0 bridgehead atoms. The topological polar surface area (TPSA) is 85.1 Å². The molecule has 2 aromatic rings. The molecule has 120 valence electrons. The molecule has 1 heterocycles. The molecule has 1 N–H and O–H groups in total. The second-order valence-electron chi connectivity index (χ2n) is 5.19. The third kappa shape index (κ3) is 3.72. The van der Waals surface area contributed by atoms with Gasteiger partial charge in [-0.3, -0.25) is 0 Å². The van der Waals surface area contributed by atoms with Gasteiger partial charge in [-0.2, -0.15) is 5.10 Å². The van der Waals surface area contributed by atoms with Crippen molar-refractivity contribution in [1.82, 2.24) is 14.8 Å². The Morgan fingerprint density at radius 2 is 1.82 bits per heavy atom. The molecule has 0 saturated carbocycles. The first-order valence-corrected chi connectivity index (χ1v) is 9.15. The van der Waals surface area contributed by atoms with Gasteiger partial charge in [-0.1, -0.05) is 26.0 Å². The molecule has 1 atom stereocenters. The van der Waals surface area contributed by atoms with Crippen molar-refractivity contribution in [1.29, 1.82) is 0 Å². The fourth-order valence-corrected chi connectivity index (χ4v) is 2.82. The van der Waals surface area contributed by atoms with Crippen molar-refractivity contribution in [3.63, 3.8) is 0 Å². The van der Waals surface area contributed by atoms with Crippen molar-refractivity contribution >= 4 is 9.84 Å². The molecule has 0 amide bonds. The normalized spacial score (nSPS) is 13.3. The van der Waals surface area contributed by atoms with E-state index in [2.05, 4.69) is 10.1 Å². The van der Waals surface area contributed by atoms with E-state index in [0.29, 0.717) is 12.1 Å². The van der Waals surface area contributed by atoms with E-state index in [9.17, 15) is 13.5 Å². The van der Waals surface area contributed by atoms with E-state index in [4.69, 9.17) is 0 Å². The largest absolute Gasteiger partial charge is 0.386 e. The average Bonchev–Trinajstić information content (AvgIpc) is 2.88. The van der Waals surface area contributed by atoms with Crippen molar-refractivity contribution in [3.8, 4) is 0 Å². The second kappa shape index (κ2) is 6.58. The molecule has 0 aliphatic carbocycles. The number of aryl methyl sites for hydroxylation is 2. The summed E-state index contributed by atoms with van der Waals surface area (Å²) < 4.78 is 24.6. The maximum Gasteiger partial charge on any atom is 0.175 e. The van der Waals surface area contributed by atoms with E-state index in [1.54, 1.807) is 16.8 Å². The molecule has 1 unspecified atom stereocenters. The number of sulfone groups is 1. The highest BCUT2D eigenvalue weighted by molar-refractivity contribution is 7.90. The Morgan fingerprint density at radius 1 is 1.18 bits per heavy atom. The predicted octanol–water partition coefficient (Wildman–Crippen LogP) is 1.54. The minimum absolute atomic E-state index is 0.242. The summed E-state index contributed by atoms with van der Waals surface area (Å²) in [7, 11) is -3.22. The Balaban J connectivity index is 2.18. The lowest BCUT2D eigenvalue weighted by atomic mass is 10.1. The van der Waals surface area contributed by atoms with Crippen LogP contribution in [0.25, 0.3) is 0 Å². The number of aromatic nitrogens is 3. The average molecular weight is 323 g/mol. The van der Waals surface area contributed by atoms with Crippen LogP contribution in [0.5, 0.6) is 0 Å². The van der Waals surface area contributed by atoms with Gasteiger partial charge in [-0.25, -0.2) is 18.1 Å². The molecule has 22 heavy (non-hydrogen) atoms. The van der Waals surface area contributed by atoms with E-state index in [0.717, 1.165) is 30.7 Å². The molecule has 0 radical (unpaired) electrons. The minimum atomic E-state index is -3.22. The summed E-state index contributed by atoms with van der Waals surface area (Å²) in [6, 6.07) is 6.27. The van der Waals surface area contributed by atoms with Crippen LogP contribution in [-0.4, -0.2) is 34.5 Å². The van der Waals surface area contributed by atoms with Crippen molar-refractivity contribution in [3.05, 3.63) is 41.5 Å². The smallest absolute Gasteiger partial charge is 0.175 e. The van der Waals surface area contributed by atoms with Gasteiger partial charge in [0, 0.05) is 19.1 Å². The summed E-state index contributed by atoms with van der Waals surface area (Å²) in [4.78, 5) is 4.64. The lowest BCUT2D eigenvalue weighted by Crippen LogP contribution is -2.13. The first kappa shape index (κ1) is 16.6. The van der Waals surface area contributed by atoms with Crippen LogP contribution in [-0.2, 0) is 29.2 Å². The highest BCUT2D eigenvalue weighted by atomic mass is 32.2. The maximum absolute atomic E-state index is 11.4. The molecule has 2 rings (SSSR count). The standard InChI is InChI=1S/C15H21N3O3S/c1-4-14-16-15(5-2)18(17-14)10-13(19)11-6-8-12(9-7-11)22(3,20)21/h6-9,13,19H,4-5,10H2,1-3H3. The van der Waals surface area contributed by atoms with Crippen molar-refractivity contribution < 1.29 is 13.5 Å². The van der Waals surface area contributed by atoms with E-state index in [1.807, 2.05) is 13.8 Å². The zero-order valence-corrected chi connectivity index (χ0v) is 13.8. The van der Waals surface area contributed by atoms with Crippen LogP contribution in [0.3, 0.4) is 0 Å². The molecule has 0 aliphatic heterocycles. The van der Waals surface area contributed by atoms with Crippen LogP contribution in [0.15, 0.2) is 29.2 Å². The van der Waals surface area contributed by atoms with Crippen LogP contribution in [0.4, 0.5) is 0 Å². The number of aliphatic hydroxyl groups is 1. The summed E-state index contributed by atoms with van der Waals surface area (Å²) in [5, 5.41) is 14.7. The SMILES string of the molecule is CCc1nc(CC)n(CC(O)c2ccc(S(C)(=O)=O)cc2)n1. The van der Waals surface area contributed by atoms with E-state index in [1.165, 1.54) is 12.1 Å². The number of nitrogens with zero attached hydrogens (tertiary/aromatic N) is 3. The highest BCUT2D eigenvalue weighted by Crippen LogP contribution is 2.18. The zero-order valence-electron chi connectivity index (χ0n) is 13.0. The number of rotatable bonds is 6. The zero-order chi connectivity index (χ0) is 16.3.